The van der Waals surface area contributed by atoms with E-state index >= 15 is 0 Å². The fourth-order valence-electron chi connectivity index (χ4n) is 4.12. The highest BCUT2D eigenvalue weighted by Gasteiger charge is 2.46. The smallest absolute Gasteiger partial charge is 0.343 e. The van der Waals surface area contributed by atoms with Gasteiger partial charge in [0, 0.05) is 11.4 Å². The topological polar surface area (TPSA) is 75.4 Å². The van der Waals surface area contributed by atoms with E-state index in [1.165, 1.54) is 37.9 Å². The largest absolute Gasteiger partial charge is 0.408 e. The number of carbonyl (C=O) groups excluding carboxylic acids is 1. The highest BCUT2D eigenvalue weighted by Crippen LogP contribution is 2.35. The van der Waals surface area contributed by atoms with Crippen LogP contribution in [0.25, 0.3) is 5.65 Å². The average Bonchev–Trinajstić information content (AvgIpc) is 3.43. The molecule has 1 N–H and O–H groups in total. The van der Waals surface area contributed by atoms with Gasteiger partial charge in [-0.25, -0.2) is 14.5 Å². The molecule has 7 nitrogen and oxygen atoms in total. The molecule has 0 radical (unpaired) electrons. The first-order valence-corrected chi connectivity index (χ1v) is 10.7. The first kappa shape index (κ1) is 19.3. The van der Waals surface area contributed by atoms with Crippen LogP contribution >= 0.6 is 11.3 Å². The molecule has 0 bridgehead atoms. The molecule has 1 saturated heterocycles. The normalized spacial score (nSPS) is 19.3. The van der Waals surface area contributed by atoms with Gasteiger partial charge >= 0.3 is 6.18 Å². The minimum Gasteiger partial charge on any atom is -0.343 e. The van der Waals surface area contributed by atoms with Crippen LogP contribution in [0.15, 0.2) is 18.3 Å². The Balaban J connectivity index is 1.43. The van der Waals surface area contributed by atoms with Crippen molar-refractivity contribution in [1.82, 2.24) is 19.6 Å². The predicted molar refractivity (Wildman–Crippen MR) is 106 cm³/mol. The Hall–Kier alpha value is -2.69. The van der Waals surface area contributed by atoms with E-state index in [0.717, 1.165) is 31.4 Å². The zero-order chi connectivity index (χ0) is 20.9. The van der Waals surface area contributed by atoms with E-state index in [9.17, 15) is 18.0 Å². The molecule has 0 saturated carbocycles. The van der Waals surface area contributed by atoms with Gasteiger partial charge in [0.25, 0.3) is 5.91 Å². The van der Waals surface area contributed by atoms with Gasteiger partial charge in [0.1, 0.15) is 11.9 Å². The molecule has 3 aromatic heterocycles. The Morgan fingerprint density at radius 2 is 2.03 bits per heavy atom. The Kier molecular flexibility index (Phi) is 4.64. The van der Waals surface area contributed by atoms with Gasteiger partial charge in [-0.05, 0) is 50.7 Å². The lowest BCUT2D eigenvalue weighted by Crippen LogP contribution is -2.41. The summed E-state index contributed by atoms with van der Waals surface area (Å²) >= 11 is 1.47. The molecule has 0 aromatic carbocycles. The summed E-state index contributed by atoms with van der Waals surface area (Å²) in [4.78, 5) is 23.9. The van der Waals surface area contributed by atoms with Crippen LogP contribution in [0.4, 0.5) is 24.1 Å². The zero-order valence-electron chi connectivity index (χ0n) is 15.9. The summed E-state index contributed by atoms with van der Waals surface area (Å²) in [7, 11) is 0. The van der Waals surface area contributed by atoms with Gasteiger partial charge in [0.05, 0.1) is 11.9 Å². The highest BCUT2D eigenvalue weighted by molar-refractivity contribution is 7.15. The summed E-state index contributed by atoms with van der Waals surface area (Å²) in [6.45, 7) is 0.267. The van der Waals surface area contributed by atoms with Crippen LogP contribution in [-0.4, -0.2) is 44.3 Å². The van der Waals surface area contributed by atoms with E-state index in [0.29, 0.717) is 17.2 Å². The van der Waals surface area contributed by atoms with Crippen LogP contribution in [0, 0.1) is 0 Å². The molecular formula is C19H19F3N6OS. The number of imidazole rings is 1. The highest BCUT2D eigenvalue weighted by atomic mass is 32.1. The molecule has 11 heteroatoms. The Labute approximate surface area is 173 Å². The third-order valence-corrected chi connectivity index (χ3v) is 6.64. The van der Waals surface area contributed by atoms with Crippen molar-refractivity contribution in [2.24, 2.45) is 0 Å². The van der Waals surface area contributed by atoms with Gasteiger partial charge in [0.15, 0.2) is 16.5 Å². The maximum atomic E-state index is 13.3. The SMILES string of the molecule is O=C(Nc1nc2c(s1)CCCC2)c1cnc2ccc(N3CCCC3C(F)(F)F)nn12. The maximum Gasteiger partial charge on any atom is 0.408 e. The summed E-state index contributed by atoms with van der Waals surface area (Å²) in [5.74, 6) is -0.258. The van der Waals surface area contributed by atoms with Gasteiger partial charge < -0.3 is 4.90 Å². The third kappa shape index (κ3) is 3.40. The number of carbonyl (C=O) groups is 1. The van der Waals surface area contributed by atoms with Crippen LogP contribution in [0.3, 0.4) is 0 Å². The van der Waals surface area contributed by atoms with Crippen molar-refractivity contribution < 1.29 is 18.0 Å². The molecule has 4 heterocycles. The van der Waals surface area contributed by atoms with Crippen molar-refractivity contribution >= 4 is 33.8 Å². The molecule has 3 aromatic rings. The predicted octanol–water partition coefficient (Wildman–Crippen LogP) is 3.85. The van der Waals surface area contributed by atoms with E-state index in [2.05, 4.69) is 20.4 Å². The number of aromatic nitrogens is 4. The molecule has 30 heavy (non-hydrogen) atoms. The van der Waals surface area contributed by atoms with Gasteiger partial charge in [-0.3, -0.25) is 10.1 Å². The lowest BCUT2D eigenvalue weighted by atomic mass is 10.0. The summed E-state index contributed by atoms with van der Waals surface area (Å²) < 4.78 is 41.3. The second-order valence-electron chi connectivity index (χ2n) is 7.55. The quantitative estimate of drug-likeness (QED) is 0.675. The lowest BCUT2D eigenvalue weighted by molar-refractivity contribution is -0.146. The number of thiazole rings is 1. The van der Waals surface area contributed by atoms with Gasteiger partial charge in [-0.2, -0.15) is 13.2 Å². The summed E-state index contributed by atoms with van der Waals surface area (Å²) in [6.07, 6.45) is 1.63. The first-order chi connectivity index (χ1) is 14.4. The van der Waals surface area contributed by atoms with Gasteiger partial charge in [-0.1, -0.05) is 0 Å². The second kappa shape index (κ2) is 7.22. The van der Waals surface area contributed by atoms with Crippen molar-refractivity contribution in [3.05, 3.63) is 34.6 Å². The van der Waals surface area contributed by atoms with Gasteiger partial charge in [-0.15, -0.1) is 16.4 Å². The molecular weight excluding hydrogens is 417 g/mol. The van der Waals surface area contributed by atoms with E-state index < -0.39 is 18.1 Å². The number of aryl methyl sites for hydroxylation is 2. The number of fused-ring (bicyclic) bond motifs is 2. The third-order valence-electron chi connectivity index (χ3n) is 5.57. The van der Waals surface area contributed by atoms with Crippen molar-refractivity contribution in [3.63, 3.8) is 0 Å². The fourth-order valence-corrected chi connectivity index (χ4v) is 5.16. The minimum absolute atomic E-state index is 0.0369. The average molecular weight is 436 g/mol. The Morgan fingerprint density at radius 1 is 1.20 bits per heavy atom. The molecule has 158 valence electrons. The molecule has 2 aliphatic rings. The summed E-state index contributed by atoms with van der Waals surface area (Å²) in [5.41, 5.74) is 1.58. The number of hydrogen-bond donors (Lipinski definition) is 1. The Morgan fingerprint density at radius 3 is 2.83 bits per heavy atom. The number of anilines is 2. The number of hydrogen-bond acceptors (Lipinski definition) is 6. The monoisotopic (exact) mass is 436 g/mol. The van der Waals surface area contributed by atoms with Crippen molar-refractivity contribution in [3.8, 4) is 0 Å². The number of nitrogens with zero attached hydrogens (tertiary/aromatic N) is 5. The second-order valence-corrected chi connectivity index (χ2v) is 8.63. The fraction of sp³-hybridized carbons (Fsp3) is 0.474. The number of alkyl halides is 3. The van der Waals surface area contributed by atoms with Crippen molar-refractivity contribution in [2.75, 3.05) is 16.8 Å². The number of amides is 1. The number of nitrogens with one attached hydrogen (secondary N) is 1. The van der Waals surface area contributed by atoms with Crippen LogP contribution in [0.2, 0.25) is 0 Å². The molecule has 0 spiro atoms. The molecule has 1 amide bonds. The molecule has 1 aliphatic carbocycles. The van der Waals surface area contributed by atoms with E-state index in [1.807, 2.05) is 0 Å². The maximum absolute atomic E-state index is 13.3. The molecule has 1 atom stereocenters. The number of halogens is 3. The summed E-state index contributed by atoms with van der Waals surface area (Å²) in [6, 6.07) is 1.53. The van der Waals surface area contributed by atoms with Crippen LogP contribution in [-0.2, 0) is 12.8 Å². The lowest BCUT2D eigenvalue weighted by Gasteiger charge is -2.27. The molecule has 1 aliphatic heterocycles. The Bertz CT molecular complexity index is 1080. The molecule has 1 unspecified atom stereocenters. The zero-order valence-corrected chi connectivity index (χ0v) is 16.8. The van der Waals surface area contributed by atoms with Crippen LogP contribution in [0.1, 0.15) is 46.7 Å². The standard InChI is InChI=1S/C19H19F3N6OS/c20-19(21,22)14-6-3-9-27(14)16-8-7-15-23-10-12(28(15)26-16)17(29)25-18-24-11-4-1-2-5-13(11)30-18/h7-8,10,14H,1-6,9H2,(H,24,25,29). The van der Waals surface area contributed by atoms with Crippen LogP contribution in [0.5, 0.6) is 0 Å². The van der Waals surface area contributed by atoms with Crippen LogP contribution < -0.4 is 10.2 Å². The molecule has 5 rings (SSSR count). The summed E-state index contributed by atoms with van der Waals surface area (Å²) in [5, 5.41) is 7.62. The van der Waals surface area contributed by atoms with Crippen molar-refractivity contribution in [2.45, 2.75) is 50.7 Å². The van der Waals surface area contributed by atoms with E-state index in [-0.39, 0.29) is 24.5 Å². The van der Waals surface area contributed by atoms with E-state index in [4.69, 9.17) is 0 Å². The molecule has 1 fully saturated rings. The number of rotatable bonds is 3. The first-order valence-electron chi connectivity index (χ1n) is 9.88. The van der Waals surface area contributed by atoms with E-state index in [1.54, 1.807) is 6.07 Å². The minimum atomic E-state index is -4.33. The van der Waals surface area contributed by atoms with Gasteiger partial charge in [0.2, 0.25) is 0 Å². The van der Waals surface area contributed by atoms with Crippen molar-refractivity contribution in [1.29, 1.82) is 0 Å².